The van der Waals surface area contributed by atoms with Crippen LogP contribution in [0.25, 0.3) is 16.3 Å². The fourth-order valence-electron chi connectivity index (χ4n) is 3.94. The van der Waals surface area contributed by atoms with E-state index in [0.29, 0.717) is 48.3 Å². The minimum Gasteiger partial charge on any atom is -0.493 e. The lowest BCUT2D eigenvalue weighted by Gasteiger charge is -2.27. The second-order valence-corrected chi connectivity index (χ2v) is 8.69. The molecule has 34 heavy (non-hydrogen) atoms. The number of nitrogens with one attached hydrogen (secondary N) is 1. The van der Waals surface area contributed by atoms with Crippen molar-refractivity contribution in [3.63, 3.8) is 0 Å². The molecule has 0 saturated carbocycles. The van der Waals surface area contributed by atoms with Gasteiger partial charge in [0.15, 0.2) is 17.3 Å². The summed E-state index contributed by atoms with van der Waals surface area (Å²) < 4.78 is 31.1. The van der Waals surface area contributed by atoms with Gasteiger partial charge in [-0.3, -0.25) is 0 Å². The Morgan fingerprint density at radius 3 is 2.44 bits per heavy atom. The van der Waals surface area contributed by atoms with E-state index in [-0.39, 0.29) is 11.8 Å². The second-order valence-electron chi connectivity index (χ2n) is 7.62. The minimum atomic E-state index is -0.299. The van der Waals surface area contributed by atoms with E-state index in [1.807, 2.05) is 4.52 Å². The monoisotopic (exact) mass is 483 g/mol. The maximum atomic E-state index is 13.2. The zero-order valence-corrected chi connectivity index (χ0v) is 19.6. The van der Waals surface area contributed by atoms with Crippen LogP contribution in [0.2, 0.25) is 0 Å². The fraction of sp³-hybridized carbons (Fsp3) is 0.261. The third-order valence-electron chi connectivity index (χ3n) is 5.63. The van der Waals surface area contributed by atoms with Gasteiger partial charge in [-0.25, -0.2) is 13.7 Å². The summed E-state index contributed by atoms with van der Waals surface area (Å²) in [7, 11) is 4.58. The van der Waals surface area contributed by atoms with Crippen molar-refractivity contribution in [2.45, 2.75) is 13.0 Å². The Morgan fingerprint density at radius 1 is 1.09 bits per heavy atom. The average molecular weight is 484 g/mol. The first-order valence-electron chi connectivity index (χ1n) is 10.5. The predicted molar refractivity (Wildman–Crippen MR) is 125 cm³/mol. The topological polar surface area (TPSA) is 90.2 Å². The lowest BCUT2D eigenvalue weighted by molar-refractivity contribution is 0.206. The van der Waals surface area contributed by atoms with E-state index < -0.39 is 0 Å². The fourth-order valence-corrected chi connectivity index (χ4v) is 5.06. The van der Waals surface area contributed by atoms with Crippen molar-refractivity contribution >= 4 is 28.0 Å². The van der Waals surface area contributed by atoms with Crippen molar-refractivity contribution in [2.75, 3.05) is 33.2 Å². The van der Waals surface area contributed by atoms with Gasteiger partial charge in [0.05, 0.1) is 39.3 Å². The van der Waals surface area contributed by atoms with E-state index >= 15 is 0 Å². The van der Waals surface area contributed by atoms with Crippen LogP contribution in [-0.4, -0.2) is 53.4 Å². The molecule has 0 bridgehead atoms. The number of hydrogen-bond donors (Lipinski definition) is 1. The highest BCUT2D eigenvalue weighted by molar-refractivity contribution is 7.17. The van der Waals surface area contributed by atoms with Crippen molar-refractivity contribution in [1.29, 1.82) is 0 Å². The number of halogens is 1. The number of carbonyl (C=O) groups is 1. The maximum absolute atomic E-state index is 13.2. The lowest BCUT2D eigenvalue weighted by atomic mass is 10.2. The molecule has 0 spiro atoms. The molecule has 176 valence electrons. The van der Waals surface area contributed by atoms with Crippen molar-refractivity contribution in [1.82, 2.24) is 19.5 Å². The highest BCUT2D eigenvalue weighted by atomic mass is 32.1. The number of aromatic nitrogens is 3. The largest absolute Gasteiger partial charge is 0.493 e. The molecule has 4 aromatic rings. The third-order valence-corrected chi connectivity index (χ3v) is 6.69. The van der Waals surface area contributed by atoms with E-state index in [2.05, 4.69) is 15.4 Å². The van der Waals surface area contributed by atoms with Crippen molar-refractivity contribution in [3.05, 3.63) is 52.8 Å². The van der Waals surface area contributed by atoms with Crippen LogP contribution in [0.4, 0.5) is 14.9 Å². The first kappa shape index (κ1) is 22.0. The number of rotatable bonds is 5. The SMILES string of the molecule is COc1cc(NC(=O)N2CCc3c(sc4nc(-c5ccc(F)cc5)nn34)C2)cc(OC)c1OC. The van der Waals surface area contributed by atoms with Crippen LogP contribution in [0.3, 0.4) is 0 Å². The number of fused-ring (bicyclic) bond motifs is 3. The van der Waals surface area contributed by atoms with Crippen LogP contribution in [0.1, 0.15) is 10.6 Å². The van der Waals surface area contributed by atoms with E-state index in [1.54, 1.807) is 29.2 Å². The third kappa shape index (κ3) is 3.87. The summed E-state index contributed by atoms with van der Waals surface area (Å²) in [5.74, 6) is 1.63. The standard InChI is InChI=1S/C23H22FN5O4S/c1-31-17-10-15(11-18(32-2)20(17)33-3)25-22(30)28-9-8-16-19(12-28)34-23-26-21(27-29(16)23)13-4-6-14(24)7-5-13/h4-7,10-11H,8-9,12H2,1-3H3,(H,25,30). The van der Waals surface area contributed by atoms with E-state index in [1.165, 1.54) is 44.8 Å². The molecule has 1 aliphatic heterocycles. The van der Waals surface area contributed by atoms with Crippen LogP contribution >= 0.6 is 11.3 Å². The maximum Gasteiger partial charge on any atom is 0.322 e. The molecule has 2 aromatic carbocycles. The number of thiazole rings is 1. The zero-order chi connectivity index (χ0) is 23.8. The normalized spacial score (nSPS) is 13.0. The minimum absolute atomic E-state index is 0.231. The van der Waals surface area contributed by atoms with Crippen LogP contribution in [0, 0.1) is 5.82 Å². The molecule has 9 nitrogen and oxygen atoms in total. The Morgan fingerprint density at radius 2 is 1.79 bits per heavy atom. The van der Waals surface area contributed by atoms with Crippen molar-refractivity contribution in [3.8, 4) is 28.6 Å². The summed E-state index contributed by atoms with van der Waals surface area (Å²) in [6.07, 6.45) is 0.643. The molecule has 0 radical (unpaired) electrons. The molecule has 0 fully saturated rings. The molecule has 1 N–H and O–H groups in total. The Kier molecular flexibility index (Phi) is 5.70. The summed E-state index contributed by atoms with van der Waals surface area (Å²) >= 11 is 1.50. The number of anilines is 1. The molecule has 3 heterocycles. The van der Waals surface area contributed by atoms with Crippen molar-refractivity contribution < 1.29 is 23.4 Å². The smallest absolute Gasteiger partial charge is 0.322 e. The molecule has 11 heteroatoms. The number of methoxy groups -OCH3 is 3. The van der Waals surface area contributed by atoms with Crippen LogP contribution in [0.5, 0.6) is 17.2 Å². The van der Waals surface area contributed by atoms with Gasteiger partial charge in [-0.15, -0.1) is 5.10 Å². The number of hydrogen-bond acceptors (Lipinski definition) is 7. The summed E-state index contributed by atoms with van der Waals surface area (Å²) in [4.78, 5) is 21.1. The van der Waals surface area contributed by atoms with Gasteiger partial charge in [-0.05, 0) is 24.3 Å². The molecule has 0 unspecified atom stereocenters. The molecule has 0 atom stereocenters. The zero-order valence-electron chi connectivity index (χ0n) is 18.8. The first-order valence-corrected chi connectivity index (χ1v) is 11.3. The number of carbonyl (C=O) groups excluding carboxylic acids is 1. The van der Waals surface area contributed by atoms with Crippen LogP contribution in [0.15, 0.2) is 36.4 Å². The molecular weight excluding hydrogens is 461 g/mol. The van der Waals surface area contributed by atoms with Gasteiger partial charge >= 0.3 is 6.03 Å². The van der Waals surface area contributed by atoms with E-state index in [0.717, 1.165) is 21.1 Å². The summed E-state index contributed by atoms with van der Waals surface area (Å²) in [6, 6.07) is 9.26. The number of amides is 2. The van der Waals surface area contributed by atoms with Gasteiger partial charge in [-0.1, -0.05) is 11.3 Å². The van der Waals surface area contributed by atoms with Gasteiger partial charge in [-0.2, -0.15) is 4.98 Å². The molecule has 0 aliphatic carbocycles. The van der Waals surface area contributed by atoms with Gasteiger partial charge in [0, 0.05) is 35.5 Å². The number of ether oxygens (including phenoxy) is 3. The Hall–Kier alpha value is -3.86. The van der Waals surface area contributed by atoms with Gasteiger partial charge in [0.25, 0.3) is 0 Å². The quantitative estimate of drug-likeness (QED) is 0.457. The van der Waals surface area contributed by atoms with E-state index in [4.69, 9.17) is 14.2 Å². The highest BCUT2D eigenvalue weighted by Crippen LogP contribution is 2.40. The number of benzene rings is 2. The Labute approximate surface area is 198 Å². The summed E-state index contributed by atoms with van der Waals surface area (Å²) in [5.41, 5.74) is 2.34. The molecule has 0 saturated heterocycles. The lowest BCUT2D eigenvalue weighted by Crippen LogP contribution is -2.38. The van der Waals surface area contributed by atoms with Gasteiger partial charge in [0.2, 0.25) is 10.7 Å². The number of urea groups is 1. The summed E-state index contributed by atoms with van der Waals surface area (Å²) in [6.45, 7) is 0.980. The van der Waals surface area contributed by atoms with Gasteiger partial charge in [0.1, 0.15) is 5.82 Å². The Balaban J connectivity index is 1.34. The van der Waals surface area contributed by atoms with Gasteiger partial charge < -0.3 is 24.4 Å². The van der Waals surface area contributed by atoms with Crippen LogP contribution in [-0.2, 0) is 13.0 Å². The predicted octanol–water partition coefficient (Wildman–Crippen LogP) is 4.21. The average Bonchev–Trinajstić information content (AvgIpc) is 3.41. The Bertz CT molecular complexity index is 1340. The highest BCUT2D eigenvalue weighted by Gasteiger charge is 2.27. The van der Waals surface area contributed by atoms with Crippen molar-refractivity contribution in [2.24, 2.45) is 0 Å². The number of nitrogens with zero attached hydrogens (tertiary/aromatic N) is 4. The second kappa shape index (κ2) is 8.82. The van der Waals surface area contributed by atoms with Crippen LogP contribution < -0.4 is 19.5 Å². The molecule has 5 rings (SSSR count). The summed E-state index contributed by atoms with van der Waals surface area (Å²) in [5, 5.41) is 7.53. The molecule has 2 amide bonds. The first-order chi connectivity index (χ1) is 16.5. The van der Waals surface area contributed by atoms with E-state index in [9.17, 15) is 9.18 Å². The molecule has 2 aromatic heterocycles. The molecular formula is C23H22FN5O4S. The molecule has 1 aliphatic rings.